The fraction of sp³-hybridized carbons (Fsp3) is 0.190. The number of aryl methyl sites for hydroxylation is 2. The lowest BCUT2D eigenvalue weighted by Crippen LogP contribution is -2.23. The second kappa shape index (κ2) is 8.16. The Morgan fingerprint density at radius 2 is 1.83 bits per heavy atom. The average Bonchev–Trinajstić information content (AvgIpc) is 3.11. The van der Waals surface area contributed by atoms with Gasteiger partial charge in [-0.2, -0.15) is 14.3 Å². The number of tetrazole rings is 1. The van der Waals surface area contributed by atoms with Gasteiger partial charge >= 0.3 is 5.69 Å². The summed E-state index contributed by atoms with van der Waals surface area (Å²) < 4.78 is 13.6. The first-order valence-corrected chi connectivity index (χ1v) is 9.25. The maximum atomic E-state index is 12.3. The minimum atomic E-state index is -0.328. The summed E-state index contributed by atoms with van der Waals surface area (Å²) in [7, 11) is 3.17. The van der Waals surface area contributed by atoms with Gasteiger partial charge in [-0.1, -0.05) is 12.1 Å². The van der Waals surface area contributed by atoms with Crippen LogP contribution in [0.15, 0.2) is 59.5 Å². The molecule has 2 heterocycles. The minimum absolute atomic E-state index is 0.212. The van der Waals surface area contributed by atoms with E-state index in [9.17, 15) is 4.79 Å². The predicted molar refractivity (Wildman–Crippen MR) is 110 cm³/mol. The molecule has 0 aliphatic heterocycles. The molecule has 0 aliphatic rings. The zero-order valence-electron chi connectivity index (χ0n) is 16.8. The van der Waals surface area contributed by atoms with E-state index in [2.05, 4.69) is 20.4 Å². The van der Waals surface area contributed by atoms with Crippen LogP contribution in [0.25, 0.3) is 17.1 Å². The van der Waals surface area contributed by atoms with Gasteiger partial charge in [-0.3, -0.25) is 0 Å². The molecule has 4 rings (SSSR count). The van der Waals surface area contributed by atoms with Crippen molar-refractivity contribution in [3.05, 3.63) is 76.3 Å². The number of methoxy groups -OCH3 is 1. The van der Waals surface area contributed by atoms with Crippen molar-refractivity contribution >= 4 is 0 Å². The molecule has 0 saturated carbocycles. The molecule has 0 saturated heterocycles. The SMILES string of the molecule is COc1ccc(-c2nccc(OCc3c(C)cccc3-n3nnn(C)c3=O)n2)cc1. The van der Waals surface area contributed by atoms with Crippen LogP contribution in [0.4, 0.5) is 0 Å². The summed E-state index contributed by atoms with van der Waals surface area (Å²) in [5, 5.41) is 7.72. The number of hydrogen-bond acceptors (Lipinski definition) is 7. The first-order chi connectivity index (χ1) is 14.6. The summed E-state index contributed by atoms with van der Waals surface area (Å²) in [4.78, 5) is 21.1. The van der Waals surface area contributed by atoms with E-state index in [4.69, 9.17) is 9.47 Å². The van der Waals surface area contributed by atoms with Crippen molar-refractivity contribution in [2.45, 2.75) is 13.5 Å². The lowest BCUT2D eigenvalue weighted by molar-refractivity contribution is 0.292. The van der Waals surface area contributed by atoms with Crippen LogP contribution in [0.5, 0.6) is 11.6 Å². The molecule has 9 nitrogen and oxygen atoms in total. The molecule has 0 N–H and O–H groups in total. The molecule has 0 aliphatic carbocycles. The van der Waals surface area contributed by atoms with Crippen LogP contribution in [0.2, 0.25) is 0 Å². The van der Waals surface area contributed by atoms with E-state index in [1.165, 1.54) is 9.36 Å². The minimum Gasteiger partial charge on any atom is -0.497 e. The normalized spacial score (nSPS) is 10.8. The molecule has 30 heavy (non-hydrogen) atoms. The van der Waals surface area contributed by atoms with Gasteiger partial charge in [-0.15, -0.1) is 0 Å². The Morgan fingerprint density at radius 3 is 2.53 bits per heavy atom. The molecule has 9 heteroatoms. The van der Waals surface area contributed by atoms with E-state index in [1.807, 2.05) is 49.4 Å². The molecule has 0 unspecified atom stereocenters. The van der Waals surface area contributed by atoms with E-state index in [0.29, 0.717) is 17.4 Å². The van der Waals surface area contributed by atoms with Crippen molar-refractivity contribution < 1.29 is 9.47 Å². The molecule has 4 aromatic rings. The van der Waals surface area contributed by atoms with E-state index < -0.39 is 0 Å². The fourth-order valence-corrected chi connectivity index (χ4v) is 2.99. The molecule has 0 atom stereocenters. The third-order valence-corrected chi connectivity index (χ3v) is 4.68. The Labute approximate surface area is 172 Å². The quantitative estimate of drug-likeness (QED) is 0.486. The van der Waals surface area contributed by atoms with Crippen molar-refractivity contribution in [2.75, 3.05) is 7.11 Å². The van der Waals surface area contributed by atoms with Crippen LogP contribution in [0.3, 0.4) is 0 Å². The average molecular weight is 404 g/mol. The Hall–Kier alpha value is -4.01. The highest BCUT2D eigenvalue weighted by Crippen LogP contribution is 2.22. The first kappa shape index (κ1) is 19.3. The lowest BCUT2D eigenvalue weighted by atomic mass is 10.1. The van der Waals surface area contributed by atoms with Crippen LogP contribution < -0.4 is 15.2 Å². The number of nitrogens with zero attached hydrogens (tertiary/aromatic N) is 6. The Morgan fingerprint density at radius 1 is 1.03 bits per heavy atom. The topological polar surface area (TPSA) is 97.0 Å². The van der Waals surface area contributed by atoms with E-state index in [-0.39, 0.29) is 12.3 Å². The molecule has 0 spiro atoms. The van der Waals surface area contributed by atoms with E-state index >= 15 is 0 Å². The van der Waals surface area contributed by atoms with Crippen molar-refractivity contribution in [3.63, 3.8) is 0 Å². The number of benzene rings is 2. The third-order valence-electron chi connectivity index (χ3n) is 4.68. The second-order valence-electron chi connectivity index (χ2n) is 6.61. The number of rotatable bonds is 6. The van der Waals surface area contributed by atoms with Crippen LogP contribution in [0.1, 0.15) is 11.1 Å². The number of ether oxygens (including phenoxy) is 2. The number of aromatic nitrogens is 6. The molecule has 2 aromatic heterocycles. The molecule has 2 aromatic carbocycles. The van der Waals surface area contributed by atoms with E-state index in [1.54, 1.807) is 26.4 Å². The van der Waals surface area contributed by atoms with Crippen molar-refractivity contribution in [1.29, 1.82) is 0 Å². The van der Waals surface area contributed by atoms with Gasteiger partial charge in [-0.25, -0.2) is 9.78 Å². The van der Waals surface area contributed by atoms with Gasteiger partial charge in [0.05, 0.1) is 12.8 Å². The van der Waals surface area contributed by atoms with Crippen molar-refractivity contribution in [2.24, 2.45) is 7.05 Å². The van der Waals surface area contributed by atoms with Gasteiger partial charge < -0.3 is 9.47 Å². The van der Waals surface area contributed by atoms with Gasteiger partial charge in [0.15, 0.2) is 5.82 Å². The highest BCUT2D eigenvalue weighted by molar-refractivity contribution is 5.56. The van der Waals surface area contributed by atoms with Gasteiger partial charge in [0.1, 0.15) is 12.4 Å². The summed E-state index contributed by atoms with van der Waals surface area (Å²) in [5.41, 5.74) is 2.94. The zero-order chi connectivity index (χ0) is 21.1. The molecule has 0 radical (unpaired) electrons. The van der Waals surface area contributed by atoms with Gasteiger partial charge in [0, 0.05) is 30.4 Å². The Balaban J connectivity index is 1.60. The van der Waals surface area contributed by atoms with Crippen molar-refractivity contribution in [3.8, 4) is 28.7 Å². The summed E-state index contributed by atoms with van der Waals surface area (Å²) in [6.45, 7) is 2.16. The highest BCUT2D eigenvalue weighted by atomic mass is 16.5. The fourth-order valence-electron chi connectivity index (χ4n) is 2.99. The smallest absolute Gasteiger partial charge is 0.368 e. The summed E-state index contributed by atoms with van der Waals surface area (Å²) in [5.74, 6) is 1.74. The maximum Gasteiger partial charge on any atom is 0.368 e. The Bertz CT molecular complexity index is 1230. The van der Waals surface area contributed by atoms with Crippen LogP contribution in [-0.2, 0) is 13.7 Å². The summed E-state index contributed by atoms with van der Waals surface area (Å²) in [6.07, 6.45) is 1.65. The maximum absolute atomic E-state index is 12.3. The van der Waals surface area contributed by atoms with E-state index in [0.717, 1.165) is 22.4 Å². The van der Waals surface area contributed by atoms with Gasteiger partial charge in [0.2, 0.25) is 5.88 Å². The Kier molecular flexibility index (Phi) is 5.25. The largest absolute Gasteiger partial charge is 0.497 e. The number of hydrogen-bond donors (Lipinski definition) is 0. The van der Waals surface area contributed by atoms with Gasteiger partial charge in [0.25, 0.3) is 0 Å². The third kappa shape index (κ3) is 3.77. The molecule has 0 fully saturated rings. The monoisotopic (exact) mass is 404 g/mol. The lowest BCUT2D eigenvalue weighted by Gasteiger charge is -2.12. The highest BCUT2D eigenvalue weighted by Gasteiger charge is 2.14. The van der Waals surface area contributed by atoms with Crippen LogP contribution in [-0.4, -0.2) is 36.9 Å². The second-order valence-corrected chi connectivity index (χ2v) is 6.61. The van der Waals surface area contributed by atoms with Gasteiger partial charge in [-0.05, 0) is 53.2 Å². The van der Waals surface area contributed by atoms with Crippen LogP contribution in [0, 0.1) is 6.92 Å². The molecule has 0 amide bonds. The standard InChI is InChI=1S/C21H20N6O3/c1-14-5-4-6-18(27-21(28)26(2)24-25-27)17(14)13-30-19-11-12-22-20(23-19)15-7-9-16(29-3)10-8-15/h4-12H,13H2,1-3H3. The molecule has 0 bridgehead atoms. The molecular formula is C21H20N6O3. The summed E-state index contributed by atoms with van der Waals surface area (Å²) in [6, 6.07) is 14.8. The van der Waals surface area contributed by atoms with Crippen LogP contribution >= 0.6 is 0 Å². The van der Waals surface area contributed by atoms with Crippen molar-refractivity contribution in [1.82, 2.24) is 29.8 Å². The molecular weight excluding hydrogens is 384 g/mol. The summed E-state index contributed by atoms with van der Waals surface area (Å²) >= 11 is 0. The molecule has 152 valence electrons. The predicted octanol–water partition coefficient (Wildman–Crippen LogP) is 2.32. The first-order valence-electron chi connectivity index (χ1n) is 9.25. The zero-order valence-corrected chi connectivity index (χ0v) is 16.8.